The van der Waals surface area contributed by atoms with Gasteiger partial charge in [0.05, 0.1) is 5.54 Å². The molecule has 0 bridgehead atoms. The Bertz CT molecular complexity index is 419. The van der Waals surface area contributed by atoms with E-state index in [1.807, 2.05) is 24.4 Å². The molecule has 1 aromatic rings. The molecule has 0 saturated carbocycles. The van der Waals surface area contributed by atoms with Gasteiger partial charge in [0.2, 0.25) is 0 Å². The molecule has 0 radical (unpaired) electrons. The van der Waals surface area contributed by atoms with Crippen molar-refractivity contribution in [2.24, 2.45) is 4.99 Å². The van der Waals surface area contributed by atoms with Gasteiger partial charge in [-0.2, -0.15) is 0 Å². The second-order valence-electron chi connectivity index (χ2n) is 4.78. The van der Waals surface area contributed by atoms with E-state index in [-0.39, 0.29) is 5.54 Å². The average Bonchev–Trinajstić information content (AvgIpc) is 2.25. The van der Waals surface area contributed by atoms with Crippen molar-refractivity contribution in [2.75, 3.05) is 0 Å². The highest BCUT2D eigenvalue weighted by molar-refractivity contribution is 5.83. The maximum atomic E-state index is 4.47. The van der Waals surface area contributed by atoms with Crippen LogP contribution in [0.4, 0.5) is 0 Å². The SMILES string of the molecule is C=CC(=C)c1cccc(C=NC(C)(C)C)c1. The normalized spacial score (nSPS) is 11.7. The zero-order valence-electron chi connectivity index (χ0n) is 10.3. The van der Waals surface area contributed by atoms with E-state index in [0.717, 1.165) is 16.7 Å². The molecule has 0 aliphatic carbocycles. The summed E-state index contributed by atoms with van der Waals surface area (Å²) >= 11 is 0. The van der Waals surface area contributed by atoms with Crippen LogP contribution in [-0.2, 0) is 0 Å². The van der Waals surface area contributed by atoms with Gasteiger partial charge in [0.25, 0.3) is 0 Å². The van der Waals surface area contributed by atoms with E-state index in [0.29, 0.717) is 0 Å². The monoisotopic (exact) mass is 213 g/mol. The van der Waals surface area contributed by atoms with Crippen molar-refractivity contribution in [3.05, 3.63) is 54.6 Å². The highest BCUT2D eigenvalue weighted by atomic mass is 14.8. The second kappa shape index (κ2) is 4.93. The average molecular weight is 213 g/mol. The Hall–Kier alpha value is -1.63. The van der Waals surface area contributed by atoms with Gasteiger partial charge in [-0.1, -0.05) is 37.4 Å². The summed E-state index contributed by atoms with van der Waals surface area (Å²) in [6, 6.07) is 8.14. The van der Waals surface area contributed by atoms with Crippen molar-refractivity contribution in [3.8, 4) is 0 Å². The molecule has 16 heavy (non-hydrogen) atoms. The third kappa shape index (κ3) is 3.85. The van der Waals surface area contributed by atoms with Crippen LogP contribution in [0.3, 0.4) is 0 Å². The van der Waals surface area contributed by atoms with Gasteiger partial charge in [0.1, 0.15) is 0 Å². The lowest BCUT2D eigenvalue weighted by Gasteiger charge is -2.11. The van der Waals surface area contributed by atoms with Gasteiger partial charge < -0.3 is 0 Å². The molecule has 84 valence electrons. The maximum absolute atomic E-state index is 4.47. The first-order valence-electron chi connectivity index (χ1n) is 5.39. The summed E-state index contributed by atoms with van der Waals surface area (Å²) in [5, 5.41) is 0. The van der Waals surface area contributed by atoms with Gasteiger partial charge in [0.15, 0.2) is 0 Å². The zero-order valence-corrected chi connectivity index (χ0v) is 10.3. The molecule has 0 aliphatic heterocycles. The smallest absolute Gasteiger partial charge is 0.0524 e. The lowest BCUT2D eigenvalue weighted by atomic mass is 10.0. The molecule has 0 heterocycles. The molecular formula is C15H19N. The first-order chi connectivity index (χ1) is 7.42. The Balaban J connectivity index is 2.95. The molecule has 0 aliphatic rings. The van der Waals surface area contributed by atoms with Crippen LogP contribution in [0.15, 0.2) is 48.5 Å². The molecule has 0 fully saturated rings. The summed E-state index contributed by atoms with van der Waals surface area (Å²) in [6.45, 7) is 13.9. The lowest BCUT2D eigenvalue weighted by Crippen LogP contribution is -2.09. The number of hydrogen-bond donors (Lipinski definition) is 0. The van der Waals surface area contributed by atoms with Crippen LogP contribution in [0.5, 0.6) is 0 Å². The molecule has 0 amide bonds. The molecule has 0 unspecified atom stereocenters. The number of hydrogen-bond acceptors (Lipinski definition) is 1. The number of aliphatic imine (C=N–C) groups is 1. The first-order valence-corrected chi connectivity index (χ1v) is 5.39. The molecule has 1 rings (SSSR count). The highest BCUT2D eigenvalue weighted by Gasteiger charge is 2.04. The van der Waals surface area contributed by atoms with E-state index in [2.05, 4.69) is 45.0 Å². The number of nitrogens with zero attached hydrogens (tertiary/aromatic N) is 1. The van der Waals surface area contributed by atoms with Gasteiger partial charge >= 0.3 is 0 Å². The predicted molar refractivity (Wildman–Crippen MR) is 73.0 cm³/mol. The molecule has 0 saturated heterocycles. The van der Waals surface area contributed by atoms with E-state index < -0.39 is 0 Å². The summed E-state index contributed by atoms with van der Waals surface area (Å²) in [6.07, 6.45) is 3.67. The van der Waals surface area contributed by atoms with Gasteiger partial charge in [-0.3, -0.25) is 4.99 Å². The first kappa shape index (κ1) is 12.4. The largest absolute Gasteiger partial charge is 0.287 e. The summed E-state index contributed by atoms with van der Waals surface area (Å²) in [7, 11) is 0. The third-order valence-corrected chi connectivity index (χ3v) is 2.10. The molecule has 1 heteroatoms. The molecule has 0 spiro atoms. The highest BCUT2D eigenvalue weighted by Crippen LogP contribution is 2.14. The van der Waals surface area contributed by atoms with Crippen LogP contribution in [0, 0.1) is 0 Å². The fourth-order valence-electron chi connectivity index (χ4n) is 1.20. The minimum Gasteiger partial charge on any atom is -0.287 e. The summed E-state index contributed by atoms with van der Waals surface area (Å²) in [5.74, 6) is 0. The van der Waals surface area contributed by atoms with Gasteiger partial charge in [-0.05, 0) is 43.5 Å². The predicted octanol–water partition coefficient (Wildman–Crippen LogP) is 4.10. The van der Waals surface area contributed by atoms with Gasteiger partial charge in [0, 0.05) is 6.21 Å². The summed E-state index contributed by atoms with van der Waals surface area (Å²) < 4.78 is 0. The standard InChI is InChI=1S/C15H19N/c1-6-12(2)14-9-7-8-13(10-14)11-16-15(3,4)5/h6-11H,1-2H2,3-5H3. The van der Waals surface area contributed by atoms with E-state index in [9.17, 15) is 0 Å². The number of allylic oxidation sites excluding steroid dienone is 2. The van der Waals surface area contributed by atoms with Gasteiger partial charge in [-0.15, -0.1) is 0 Å². The quantitative estimate of drug-likeness (QED) is 0.529. The van der Waals surface area contributed by atoms with Crippen molar-refractivity contribution >= 4 is 11.8 Å². The fourth-order valence-corrected chi connectivity index (χ4v) is 1.20. The van der Waals surface area contributed by atoms with Crippen molar-refractivity contribution < 1.29 is 0 Å². The lowest BCUT2D eigenvalue weighted by molar-refractivity contribution is 0.586. The molecule has 0 atom stereocenters. The van der Waals surface area contributed by atoms with E-state index >= 15 is 0 Å². The third-order valence-electron chi connectivity index (χ3n) is 2.10. The van der Waals surface area contributed by atoms with E-state index in [4.69, 9.17) is 0 Å². The van der Waals surface area contributed by atoms with E-state index in [1.165, 1.54) is 0 Å². The van der Waals surface area contributed by atoms with Crippen LogP contribution in [0.25, 0.3) is 5.57 Å². The minimum atomic E-state index is -0.0363. The molecule has 0 N–H and O–H groups in total. The zero-order chi connectivity index (χ0) is 12.2. The van der Waals surface area contributed by atoms with Crippen molar-refractivity contribution in [3.63, 3.8) is 0 Å². The van der Waals surface area contributed by atoms with Crippen LogP contribution < -0.4 is 0 Å². The Morgan fingerprint density at radius 3 is 2.56 bits per heavy atom. The van der Waals surface area contributed by atoms with Crippen LogP contribution in [0.2, 0.25) is 0 Å². The second-order valence-corrected chi connectivity index (χ2v) is 4.78. The number of benzene rings is 1. The molecule has 0 aromatic heterocycles. The van der Waals surface area contributed by atoms with Gasteiger partial charge in [-0.25, -0.2) is 0 Å². The van der Waals surface area contributed by atoms with Crippen LogP contribution in [0.1, 0.15) is 31.9 Å². The Morgan fingerprint density at radius 1 is 1.31 bits per heavy atom. The molecule has 1 aromatic carbocycles. The van der Waals surface area contributed by atoms with Crippen LogP contribution >= 0.6 is 0 Å². The maximum Gasteiger partial charge on any atom is 0.0524 e. The molecular weight excluding hydrogens is 194 g/mol. The Kier molecular flexibility index (Phi) is 3.83. The Labute approximate surface area is 98.2 Å². The van der Waals surface area contributed by atoms with Crippen molar-refractivity contribution in [1.82, 2.24) is 0 Å². The van der Waals surface area contributed by atoms with Crippen molar-refractivity contribution in [1.29, 1.82) is 0 Å². The summed E-state index contributed by atoms with van der Waals surface area (Å²) in [5.41, 5.74) is 3.08. The fraction of sp³-hybridized carbons (Fsp3) is 0.267. The van der Waals surface area contributed by atoms with Crippen LogP contribution in [-0.4, -0.2) is 11.8 Å². The van der Waals surface area contributed by atoms with E-state index in [1.54, 1.807) is 6.08 Å². The van der Waals surface area contributed by atoms with Crippen molar-refractivity contribution in [2.45, 2.75) is 26.3 Å². The molecule has 1 nitrogen and oxygen atoms in total. The number of rotatable bonds is 3. The summed E-state index contributed by atoms with van der Waals surface area (Å²) in [4.78, 5) is 4.47. The Morgan fingerprint density at radius 2 is 2.00 bits per heavy atom. The topological polar surface area (TPSA) is 12.4 Å². The minimum absolute atomic E-state index is 0.0363.